The van der Waals surface area contributed by atoms with Crippen molar-refractivity contribution >= 4 is 11.9 Å². The highest BCUT2D eigenvalue weighted by molar-refractivity contribution is 5.83. The van der Waals surface area contributed by atoms with E-state index in [1.54, 1.807) is 7.11 Å². The van der Waals surface area contributed by atoms with Crippen LogP contribution in [0.15, 0.2) is 24.3 Å². The molecule has 1 aromatic rings. The molecular weight excluding hydrogens is 296 g/mol. The van der Waals surface area contributed by atoms with Crippen molar-refractivity contribution in [1.29, 1.82) is 0 Å². The average Bonchev–Trinajstić information content (AvgIpc) is 2.99. The maximum atomic E-state index is 12.5. The fourth-order valence-electron chi connectivity index (χ4n) is 2.89. The molecule has 1 fully saturated rings. The summed E-state index contributed by atoms with van der Waals surface area (Å²) in [6, 6.07) is 6.85. The molecule has 1 saturated heterocycles. The molecule has 0 aliphatic carbocycles. The number of carbonyl (C=O) groups is 2. The number of carbonyl (C=O) groups excluding carboxylic acids is 2. The van der Waals surface area contributed by atoms with Crippen molar-refractivity contribution in [1.82, 2.24) is 10.6 Å². The molecule has 1 amide bonds. The molecular formula is C17H24N2O4. The molecule has 2 N–H and O–H groups in total. The van der Waals surface area contributed by atoms with Crippen molar-refractivity contribution in [2.75, 3.05) is 14.2 Å². The minimum Gasteiger partial charge on any atom is -0.497 e. The number of hydrogen-bond donors (Lipinski definition) is 2. The lowest BCUT2D eigenvalue weighted by atomic mass is 9.92. The third-order valence-corrected chi connectivity index (χ3v) is 4.00. The summed E-state index contributed by atoms with van der Waals surface area (Å²) >= 11 is 0. The molecule has 6 nitrogen and oxygen atoms in total. The number of benzene rings is 1. The Kier molecular flexibility index (Phi) is 5.60. The Hall–Kier alpha value is -2.08. The van der Waals surface area contributed by atoms with E-state index in [0.717, 1.165) is 11.3 Å². The van der Waals surface area contributed by atoms with E-state index in [1.165, 1.54) is 7.11 Å². The van der Waals surface area contributed by atoms with E-state index in [1.807, 2.05) is 38.1 Å². The molecule has 23 heavy (non-hydrogen) atoms. The number of methoxy groups -OCH3 is 2. The van der Waals surface area contributed by atoms with Gasteiger partial charge in [0.1, 0.15) is 11.8 Å². The Morgan fingerprint density at radius 3 is 2.39 bits per heavy atom. The van der Waals surface area contributed by atoms with Gasteiger partial charge in [-0.3, -0.25) is 14.9 Å². The molecule has 6 heteroatoms. The van der Waals surface area contributed by atoms with Crippen LogP contribution < -0.4 is 15.4 Å². The van der Waals surface area contributed by atoms with Crippen LogP contribution in [0.5, 0.6) is 5.75 Å². The zero-order valence-electron chi connectivity index (χ0n) is 14.0. The topological polar surface area (TPSA) is 76.7 Å². The van der Waals surface area contributed by atoms with Crippen molar-refractivity contribution in [3.8, 4) is 5.75 Å². The Morgan fingerprint density at radius 1 is 1.22 bits per heavy atom. The van der Waals surface area contributed by atoms with Crippen LogP contribution in [0.25, 0.3) is 0 Å². The summed E-state index contributed by atoms with van der Waals surface area (Å²) in [4.78, 5) is 24.3. The minimum atomic E-state index is -0.477. The fraction of sp³-hybridized carbons (Fsp3) is 0.529. The summed E-state index contributed by atoms with van der Waals surface area (Å²) in [7, 11) is 2.96. The Morgan fingerprint density at radius 2 is 1.87 bits per heavy atom. The maximum absolute atomic E-state index is 12.5. The monoisotopic (exact) mass is 320 g/mol. The molecule has 2 rings (SSSR count). The van der Waals surface area contributed by atoms with Crippen molar-refractivity contribution < 1.29 is 19.1 Å². The number of rotatable bonds is 5. The van der Waals surface area contributed by atoms with Crippen molar-refractivity contribution in [3.05, 3.63) is 29.8 Å². The van der Waals surface area contributed by atoms with Gasteiger partial charge in [0.15, 0.2) is 0 Å². The van der Waals surface area contributed by atoms with Crippen LogP contribution in [0.1, 0.15) is 31.9 Å². The van der Waals surface area contributed by atoms with Crippen LogP contribution in [0, 0.1) is 5.92 Å². The summed E-state index contributed by atoms with van der Waals surface area (Å²) < 4.78 is 9.97. The van der Waals surface area contributed by atoms with E-state index in [2.05, 4.69) is 10.6 Å². The summed E-state index contributed by atoms with van der Waals surface area (Å²) in [5.74, 6) is 0.0254. The van der Waals surface area contributed by atoms with E-state index in [4.69, 9.17) is 9.47 Å². The molecule has 126 valence electrons. The van der Waals surface area contributed by atoms with Gasteiger partial charge in [-0.25, -0.2) is 0 Å². The molecule has 0 bridgehead atoms. The van der Waals surface area contributed by atoms with Crippen LogP contribution in [0.2, 0.25) is 0 Å². The van der Waals surface area contributed by atoms with E-state index in [9.17, 15) is 9.59 Å². The van der Waals surface area contributed by atoms with Gasteiger partial charge >= 0.3 is 5.97 Å². The largest absolute Gasteiger partial charge is 0.497 e. The van der Waals surface area contributed by atoms with Crippen LogP contribution in [0.4, 0.5) is 0 Å². The first-order valence-electron chi connectivity index (χ1n) is 7.74. The second-order valence-corrected chi connectivity index (χ2v) is 6.00. The number of ether oxygens (including phenoxy) is 2. The number of hydrogen-bond acceptors (Lipinski definition) is 5. The quantitative estimate of drug-likeness (QED) is 0.802. The Bertz CT molecular complexity index is 556. The van der Waals surface area contributed by atoms with Gasteiger partial charge in [0.25, 0.3) is 0 Å². The molecule has 0 spiro atoms. The number of esters is 1. The normalized spacial score (nSPS) is 23.6. The van der Waals surface area contributed by atoms with Gasteiger partial charge < -0.3 is 14.8 Å². The number of nitrogens with one attached hydrogen (secondary N) is 2. The highest BCUT2D eigenvalue weighted by Crippen LogP contribution is 2.34. The molecule has 3 atom stereocenters. The predicted molar refractivity (Wildman–Crippen MR) is 86.1 cm³/mol. The van der Waals surface area contributed by atoms with Crippen molar-refractivity contribution in [2.24, 2.45) is 5.92 Å². The standard InChI is InChI=1S/C17H24N2O4/c1-10(2)18-16(20)13-9-14(17(21)23-4)19-15(13)11-5-7-12(22-3)8-6-11/h5-8,10,13-15,19H,9H2,1-4H3,(H,18,20)/t13-,14-,15-/m0/s1. The molecule has 0 aromatic heterocycles. The summed E-state index contributed by atoms with van der Waals surface area (Å²) in [6.45, 7) is 3.83. The lowest BCUT2D eigenvalue weighted by Gasteiger charge is -2.21. The molecule has 1 aliphatic heterocycles. The molecule has 0 saturated carbocycles. The van der Waals surface area contributed by atoms with Gasteiger partial charge in [0.2, 0.25) is 5.91 Å². The Balaban J connectivity index is 2.23. The fourth-order valence-corrected chi connectivity index (χ4v) is 2.89. The second-order valence-electron chi connectivity index (χ2n) is 6.00. The van der Waals surface area contributed by atoms with Crippen LogP contribution in [0.3, 0.4) is 0 Å². The smallest absolute Gasteiger partial charge is 0.322 e. The summed E-state index contributed by atoms with van der Waals surface area (Å²) in [6.07, 6.45) is 0.419. The van der Waals surface area contributed by atoms with Gasteiger partial charge in [-0.2, -0.15) is 0 Å². The van der Waals surface area contributed by atoms with Gasteiger partial charge in [0.05, 0.1) is 20.1 Å². The van der Waals surface area contributed by atoms with Crippen LogP contribution >= 0.6 is 0 Å². The van der Waals surface area contributed by atoms with E-state index in [-0.39, 0.29) is 29.9 Å². The molecule has 0 unspecified atom stereocenters. The third kappa shape index (κ3) is 4.01. The summed E-state index contributed by atoms with van der Waals surface area (Å²) in [5, 5.41) is 6.15. The molecule has 1 aromatic carbocycles. The lowest BCUT2D eigenvalue weighted by molar-refractivity contribution is -0.142. The molecule has 0 radical (unpaired) electrons. The third-order valence-electron chi connectivity index (χ3n) is 4.00. The molecule has 1 aliphatic rings. The zero-order chi connectivity index (χ0) is 17.0. The van der Waals surface area contributed by atoms with Crippen molar-refractivity contribution in [2.45, 2.75) is 38.4 Å². The van der Waals surface area contributed by atoms with E-state index in [0.29, 0.717) is 6.42 Å². The van der Waals surface area contributed by atoms with Gasteiger partial charge in [-0.1, -0.05) is 12.1 Å². The second kappa shape index (κ2) is 7.46. The zero-order valence-corrected chi connectivity index (χ0v) is 14.0. The van der Waals surface area contributed by atoms with Crippen LogP contribution in [-0.4, -0.2) is 38.2 Å². The number of amides is 1. The first kappa shape index (κ1) is 17.3. The van der Waals surface area contributed by atoms with Gasteiger partial charge in [0, 0.05) is 12.1 Å². The lowest BCUT2D eigenvalue weighted by Crippen LogP contribution is -2.37. The average molecular weight is 320 g/mol. The minimum absolute atomic E-state index is 0.0520. The van der Waals surface area contributed by atoms with Gasteiger partial charge in [-0.05, 0) is 38.0 Å². The highest BCUT2D eigenvalue weighted by Gasteiger charge is 2.42. The molecule has 1 heterocycles. The summed E-state index contributed by atoms with van der Waals surface area (Å²) in [5.41, 5.74) is 0.945. The van der Waals surface area contributed by atoms with E-state index >= 15 is 0 Å². The van der Waals surface area contributed by atoms with E-state index < -0.39 is 6.04 Å². The van der Waals surface area contributed by atoms with Gasteiger partial charge in [-0.15, -0.1) is 0 Å². The maximum Gasteiger partial charge on any atom is 0.322 e. The van der Waals surface area contributed by atoms with Crippen LogP contribution in [-0.2, 0) is 14.3 Å². The first-order valence-corrected chi connectivity index (χ1v) is 7.74. The SMILES string of the molecule is COC(=O)[C@@H]1C[C@H](C(=O)NC(C)C)[C@H](c2ccc(OC)cc2)N1. The first-order chi connectivity index (χ1) is 11.0. The highest BCUT2D eigenvalue weighted by atomic mass is 16.5. The Labute approximate surface area is 136 Å². The van der Waals surface area contributed by atoms with Crippen molar-refractivity contribution in [3.63, 3.8) is 0 Å². The predicted octanol–water partition coefficient (Wildman–Crippen LogP) is 1.41.